The van der Waals surface area contributed by atoms with E-state index in [1.165, 1.54) is 4.90 Å². The standard InChI is InChI=1S/C8H9NO3S.C2HF3O2/c1-4-2-5(8(11)12)9-6(10)3-7(9)13-4;3-2(4,5)1(6)7/h2,4,7H,3H2,1H3,(H,11,12);(H,6,7)/t4?,7-;/m1./s1. The number of hydrogen-bond donors (Lipinski definition) is 2. The molecule has 0 aromatic heterocycles. The molecule has 2 aliphatic heterocycles. The second kappa shape index (κ2) is 5.73. The number of carbonyl (C=O) groups is 3. The average Bonchev–Trinajstić information content (AvgIpc) is 2.26. The first-order chi connectivity index (χ1) is 9.04. The highest BCUT2D eigenvalue weighted by atomic mass is 32.2. The van der Waals surface area contributed by atoms with Crippen LogP contribution in [0.1, 0.15) is 13.3 Å². The summed E-state index contributed by atoms with van der Waals surface area (Å²) in [6, 6.07) is 0. The number of hydrogen-bond acceptors (Lipinski definition) is 4. The number of carboxylic acid groups (broad SMARTS) is 2. The van der Waals surface area contributed by atoms with Crippen LogP contribution in [-0.4, -0.2) is 49.8 Å². The molecule has 0 aliphatic carbocycles. The Bertz CT molecular complexity index is 476. The Kier molecular flexibility index (Phi) is 4.69. The van der Waals surface area contributed by atoms with E-state index in [2.05, 4.69) is 0 Å². The minimum atomic E-state index is -5.08. The van der Waals surface area contributed by atoms with Gasteiger partial charge in [-0.15, -0.1) is 11.8 Å². The average molecular weight is 313 g/mol. The van der Waals surface area contributed by atoms with E-state index in [4.69, 9.17) is 15.0 Å². The molecule has 2 aliphatic rings. The predicted molar refractivity (Wildman–Crippen MR) is 61.7 cm³/mol. The summed E-state index contributed by atoms with van der Waals surface area (Å²) < 4.78 is 31.7. The van der Waals surface area contributed by atoms with Crippen LogP contribution < -0.4 is 0 Å². The van der Waals surface area contributed by atoms with E-state index in [0.717, 1.165) is 0 Å². The number of aliphatic carboxylic acids is 2. The Balaban J connectivity index is 0.000000246. The fourth-order valence-corrected chi connectivity index (χ4v) is 2.84. The number of halogens is 3. The van der Waals surface area contributed by atoms with Gasteiger partial charge in [0.1, 0.15) is 5.70 Å². The molecule has 6 nitrogen and oxygen atoms in total. The van der Waals surface area contributed by atoms with Crippen molar-refractivity contribution >= 4 is 29.6 Å². The third-order valence-electron chi connectivity index (χ3n) is 2.39. The lowest BCUT2D eigenvalue weighted by Gasteiger charge is -2.43. The molecule has 0 bridgehead atoms. The molecule has 2 heterocycles. The van der Waals surface area contributed by atoms with Crippen LogP contribution in [-0.2, 0) is 14.4 Å². The first-order valence-electron chi connectivity index (χ1n) is 5.26. The quantitative estimate of drug-likeness (QED) is 0.708. The maximum Gasteiger partial charge on any atom is 0.490 e. The van der Waals surface area contributed by atoms with Crippen molar-refractivity contribution in [3.05, 3.63) is 11.8 Å². The van der Waals surface area contributed by atoms with Gasteiger partial charge >= 0.3 is 18.1 Å². The lowest BCUT2D eigenvalue weighted by Crippen LogP contribution is -2.53. The highest BCUT2D eigenvalue weighted by Gasteiger charge is 2.44. The lowest BCUT2D eigenvalue weighted by atomic mass is 10.1. The Morgan fingerprint density at radius 2 is 1.90 bits per heavy atom. The van der Waals surface area contributed by atoms with E-state index in [9.17, 15) is 22.8 Å². The summed E-state index contributed by atoms with van der Waals surface area (Å²) in [5.41, 5.74) is 0.146. The first-order valence-corrected chi connectivity index (χ1v) is 6.21. The van der Waals surface area contributed by atoms with Crippen LogP contribution in [0, 0.1) is 0 Å². The molecule has 1 amide bonds. The van der Waals surface area contributed by atoms with E-state index in [1.54, 1.807) is 17.8 Å². The number of rotatable bonds is 1. The Hall–Kier alpha value is -1.71. The van der Waals surface area contributed by atoms with Gasteiger partial charge in [0.25, 0.3) is 0 Å². The van der Waals surface area contributed by atoms with Gasteiger partial charge in [0.15, 0.2) is 0 Å². The van der Waals surface area contributed by atoms with Crippen LogP contribution in [0.4, 0.5) is 13.2 Å². The third kappa shape index (κ3) is 3.65. The van der Waals surface area contributed by atoms with Gasteiger partial charge in [-0.05, 0) is 13.0 Å². The van der Waals surface area contributed by atoms with Crippen molar-refractivity contribution in [1.82, 2.24) is 4.90 Å². The zero-order chi connectivity index (χ0) is 15.7. The number of carboxylic acids is 2. The number of amides is 1. The lowest BCUT2D eigenvalue weighted by molar-refractivity contribution is -0.192. The smallest absolute Gasteiger partial charge is 0.477 e. The van der Waals surface area contributed by atoms with Gasteiger partial charge < -0.3 is 10.2 Å². The fraction of sp³-hybridized carbons (Fsp3) is 0.500. The van der Waals surface area contributed by atoms with Crippen LogP contribution in [0.5, 0.6) is 0 Å². The number of alkyl halides is 3. The minimum absolute atomic E-state index is 0.0543. The normalized spacial score (nSPS) is 24.7. The molecule has 0 radical (unpaired) electrons. The molecule has 0 aromatic carbocycles. The van der Waals surface area contributed by atoms with Crippen molar-refractivity contribution in [3.8, 4) is 0 Å². The van der Waals surface area contributed by atoms with E-state index in [-0.39, 0.29) is 22.2 Å². The van der Waals surface area contributed by atoms with Gasteiger partial charge in [0, 0.05) is 5.25 Å². The van der Waals surface area contributed by atoms with Gasteiger partial charge in [-0.1, -0.05) is 0 Å². The molecule has 2 atom stereocenters. The third-order valence-corrected chi connectivity index (χ3v) is 3.65. The molecule has 10 heteroatoms. The van der Waals surface area contributed by atoms with Crippen LogP contribution in [0.3, 0.4) is 0 Å². The largest absolute Gasteiger partial charge is 0.490 e. The van der Waals surface area contributed by atoms with Gasteiger partial charge in [-0.25, -0.2) is 9.59 Å². The van der Waals surface area contributed by atoms with Crippen molar-refractivity contribution < 1.29 is 37.8 Å². The minimum Gasteiger partial charge on any atom is -0.477 e. The van der Waals surface area contributed by atoms with Gasteiger partial charge in [-0.3, -0.25) is 9.69 Å². The summed E-state index contributed by atoms with van der Waals surface area (Å²) in [7, 11) is 0. The predicted octanol–water partition coefficient (Wildman–Crippen LogP) is 1.28. The number of nitrogens with zero attached hydrogens (tertiary/aromatic N) is 1. The highest BCUT2D eigenvalue weighted by molar-refractivity contribution is 8.00. The summed E-state index contributed by atoms with van der Waals surface area (Å²) in [5.74, 6) is -3.85. The topological polar surface area (TPSA) is 94.9 Å². The Morgan fingerprint density at radius 1 is 1.40 bits per heavy atom. The van der Waals surface area contributed by atoms with E-state index in [1.807, 2.05) is 6.92 Å². The molecule has 2 N–H and O–H groups in total. The van der Waals surface area contributed by atoms with Crippen molar-refractivity contribution in [2.45, 2.75) is 30.1 Å². The van der Waals surface area contributed by atoms with Gasteiger partial charge in [0.2, 0.25) is 5.91 Å². The van der Waals surface area contributed by atoms with Crippen molar-refractivity contribution in [1.29, 1.82) is 0 Å². The van der Waals surface area contributed by atoms with Crippen LogP contribution in [0.2, 0.25) is 0 Å². The molecule has 1 saturated heterocycles. The maximum absolute atomic E-state index is 11.1. The van der Waals surface area contributed by atoms with Crippen LogP contribution in [0.15, 0.2) is 11.8 Å². The Labute approximate surface area is 115 Å². The highest BCUT2D eigenvalue weighted by Crippen LogP contribution is 2.40. The summed E-state index contributed by atoms with van der Waals surface area (Å²) in [4.78, 5) is 32.1. The van der Waals surface area contributed by atoms with Crippen molar-refractivity contribution in [2.75, 3.05) is 0 Å². The molecule has 112 valence electrons. The van der Waals surface area contributed by atoms with Crippen LogP contribution >= 0.6 is 11.8 Å². The summed E-state index contributed by atoms with van der Waals surface area (Å²) in [6.07, 6.45) is -2.99. The van der Waals surface area contributed by atoms with Crippen molar-refractivity contribution in [3.63, 3.8) is 0 Å². The molecule has 0 aromatic rings. The number of thioether (sulfide) groups is 1. The molecule has 1 fully saturated rings. The monoisotopic (exact) mass is 313 g/mol. The zero-order valence-electron chi connectivity index (χ0n) is 10.0. The molecule has 0 spiro atoms. The van der Waals surface area contributed by atoms with E-state index >= 15 is 0 Å². The molecule has 1 unspecified atom stereocenters. The SMILES string of the molecule is CC1C=C(C(=O)O)N2C(=O)C[C@H]2S1.O=C(O)C(F)(F)F. The second-order valence-electron chi connectivity index (χ2n) is 3.92. The molecular weight excluding hydrogens is 303 g/mol. The number of carbonyl (C=O) groups excluding carboxylic acids is 1. The van der Waals surface area contributed by atoms with Gasteiger partial charge in [0.05, 0.1) is 11.8 Å². The van der Waals surface area contributed by atoms with Gasteiger partial charge in [-0.2, -0.15) is 13.2 Å². The maximum atomic E-state index is 11.1. The first kappa shape index (κ1) is 16.3. The van der Waals surface area contributed by atoms with E-state index in [0.29, 0.717) is 6.42 Å². The summed E-state index contributed by atoms with van der Waals surface area (Å²) in [5, 5.41) is 16.2. The molecule has 20 heavy (non-hydrogen) atoms. The number of fused-ring (bicyclic) bond motifs is 1. The molecular formula is C10H10F3NO5S. The summed E-state index contributed by atoms with van der Waals surface area (Å²) in [6.45, 7) is 1.94. The molecule has 2 rings (SSSR count). The molecule has 0 saturated carbocycles. The second-order valence-corrected chi connectivity index (χ2v) is 5.48. The van der Waals surface area contributed by atoms with E-state index < -0.39 is 18.1 Å². The number of β-lactam (4-membered cyclic amide) rings is 1. The summed E-state index contributed by atoms with van der Waals surface area (Å²) >= 11 is 1.63. The van der Waals surface area contributed by atoms with Crippen LogP contribution in [0.25, 0.3) is 0 Å². The Morgan fingerprint density at radius 3 is 2.25 bits per heavy atom. The fourth-order valence-electron chi connectivity index (χ4n) is 1.55. The van der Waals surface area contributed by atoms with Crippen molar-refractivity contribution in [2.24, 2.45) is 0 Å². The zero-order valence-corrected chi connectivity index (χ0v) is 10.9.